The van der Waals surface area contributed by atoms with Gasteiger partial charge in [0, 0.05) is 59.1 Å². The van der Waals surface area contributed by atoms with Crippen LogP contribution >= 0.6 is 11.6 Å². The molecule has 0 unspecified atom stereocenters. The van der Waals surface area contributed by atoms with Crippen LogP contribution in [0.1, 0.15) is 0 Å². The molecule has 2 heterocycles. The van der Waals surface area contributed by atoms with Gasteiger partial charge in [-0.2, -0.15) is 0 Å². The fraction of sp³-hybridized carbons (Fsp3) is 0. The maximum Gasteiger partial charge on any atom is 0.182 e. The van der Waals surface area contributed by atoms with E-state index in [0.717, 1.165) is 0 Å². The van der Waals surface area contributed by atoms with Gasteiger partial charge in [-0.25, -0.2) is 15.0 Å². The molecular weight excluding hydrogens is 198 g/mol. The largest absolute Gasteiger partial charge is 0.341 e. The van der Waals surface area contributed by atoms with Gasteiger partial charge >= 0.3 is 0 Å². The third-order valence-electron chi connectivity index (χ3n) is 1.18. The van der Waals surface area contributed by atoms with E-state index in [9.17, 15) is 0 Å². The van der Waals surface area contributed by atoms with Crippen LogP contribution in [-0.2, 0) is 0 Å². The zero-order chi connectivity index (χ0) is 6.97. The van der Waals surface area contributed by atoms with Crippen LogP contribution in [0.15, 0.2) is 12.7 Å². The van der Waals surface area contributed by atoms with Crippen molar-refractivity contribution in [2.24, 2.45) is 0 Å². The Balaban J connectivity index is 0.000000605. The Hall–Kier alpha value is 0.840. The molecule has 0 aliphatic rings. The van der Waals surface area contributed by atoms with Gasteiger partial charge in [0.1, 0.15) is 11.8 Å². The van der Waals surface area contributed by atoms with Crippen LogP contribution in [0.2, 0.25) is 5.15 Å². The standard InChI is InChI=1S/C5H3ClN4.2Na/c6-4-3-5(9-1-7-3)10-2-8-4;;/h1-2H,(H,7,8,9,10);;. The molecule has 0 amide bonds. The second-order valence-electron chi connectivity index (χ2n) is 1.77. The number of aromatic amines is 1. The number of hydrogen-bond donors (Lipinski definition) is 1. The summed E-state index contributed by atoms with van der Waals surface area (Å²) in [5, 5.41) is 0.405. The van der Waals surface area contributed by atoms with Crippen molar-refractivity contribution in [3.63, 3.8) is 0 Å². The zero-order valence-electron chi connectivity index (χ0n) is 6.87. The summed E-state index contributed by atoms with van der Waals surface area (Å²) >= 11 is 5.68. The van der Waals surface area contributed by atoms with Crippen LogP contribution in [0.3, 0.4) is 0 Å². The smallest absolute Gasteiger partial charge is 0.182 e. The molecule has 1 N–H and O–H groups in total. The Morgan fingerprint density at radius 3 is 2.58 bits per heavy atom. The van der Waals surface area contributed by atoms with Crippen LogP contribution in [0.4, 0.5) is 0 Å². The van der Waals surface area contributed by atoms with Gasteiger partial charge in [0.05, 0.1) is 6.33 Å². The van der Waals surface area contributed by atoms with Crippen molar-refractivity contribution in [2.45, 2.75) is 0 Å². The first-order chi connectivity index (χ1) is 4.88. The van der Waals surface area contributed by atoms with Gasteiger partial charge in [-0.1, -0.05) is 11.6 Å². The first-order valence-electron chi connectivity index (χ1n) is 2.67. The third kappa shape index (κ3) is 2.42. The Morgan fingerprint density at radius 2 is 1.92 bits per heavy atom. The number of nitrogens with one attached hydrogen (secondary N) is 1. The first kappa shape index (κ1) is 12.8. The molecule has 2 aromatic heterocycles. The van der Waals surface area contributed by atoms with Crippen LogP contribution < -0.4 is 0 Å². The SMILES string of the molecule is Clc1ncnc2nc[nH]c12.[Na].[Na]. The molecule has 0 aromatic carbocycles. The van der Waals surface area contributed by atoms with E-state index in [1.54, 1.807) is 0 Å². The average molecular weight is 201 g/mol. The number of H-pyrrole nitrogens is 1. The predicted octanol–water partition coefficient (Wildman–Crippen LogP) is 0.245. The molecule has 2 radical (unpaired) electrons. The summed E-state index contributed by atoms with van der Waals surface area (Å²) < 4.78 is 0. The average Bonchev–Trinajstić information content (AvgIpc) is 2.36. The quantitative estimate of drug-likeness (QED) is 0.490. The van der Waals surface area contributed by atoms with Gasteiger partial charge in [-0.15, -0.1) is 0 Å². The van der Waals surface area contributed by atoms with E-state index in [1.165, 1.54) is 12.7 Å². The fourth-order valence-corrected chi connectivity index (χ4v) is 0.918. The number of aromatic nitrogens is 4. The van der Waals surface area contributed by atoms with Crippen molar-refractivity contribution in [3.8, 4) is 0 Å². The molecule has 0 saturated carbocycles. The number of rotatable bonds is 0. The van der Waals surface area contributed by atoms with Gasteiger partial charge in [0.25, 0.3) is 0 Å². The molecule has 12 heavy (non-hydrogen) atoms. The zero-order valence-corrected chi connectivity index (χ0v) is 11.6. The van der Waals surface area contributed by atoms with Crippen LogP contribution in [0.25, 0.3) is 11.2 Å². The maximum absolute atomic E-state index is 5.68. The molecule has 0 atom stereocenters. The molecule has 2 aromatic rings. The molecule has 2 rings (SSSR count). The number of imidazole rings is 1. The summed E-state index contributed by atoms with van der Waals surface area (Å²) in [5.74, 6) is 0. The van der Waals surface area contributed by atoms with Crippen LogP contribution in [0, 0.1) is 0 Å². The Kier molecular flexibility index (Phi) is 5.93. The topological polar surface area (TPSA) is 54.5 Å². The van der Waals surface area contributed by atoms with E-state index in [-0.39, 0.29) is 59.1 Å². The van der Waals surface area contributed by atoms with Crippen molar-refractivity contribution in [1.29, 1.82) is 0 Å². The molecule has 52 valence electrons. The van der Waals surface area contributed by atoms with Gasteiger partial charge in [-0.05, 0) is 0 Å². The Bertz CT molecular complexity index is 363. The normalized spacial score (nSPS) is 8.75. The fourth-order valence-electron chi connectivity index (χ4n) is 0.736. The molecular formula is C5H3ClN4Na2. The van der Waals surface area contributed by atoms with E-state index < -0.39 is 0 Å². The molecule has 0 fully saturated rings. The van der Waals surface area contributed by atoms with E-state index in [0.29, 0.717) is 16.3 Å². The monoisotopic (exact) mass is 200 g/mol. The van der Waals surface area contributed by atoms with Crippen molar-refractivity contribution in [1.82, 2.24) is 19.9 Å². The molecule has 0 bridgehead atoms. The van der Waals surface area contributed by atoms with Crippen molar-refractivity contribution in [2.75, 3.05) is 0 Å². The van der Waals surface area contributed by atoms with E-state index in [4.69, 9.17) is 11.6 Å². The number of fused-ring (bicyclic) bond motifs is 1. The second kappa shape index (κ2) is 5.54. The number of nitrogens with zero attached hydrogens (tertiary/aromatic N) is 3. The Morgan fingerprint density at radius 1 is 1.17 bits per heavy atom. The van der Waals surface area contributed by atoms with Crippen LogP contribution in [0.5, 0.6) is 0 Å². The molecule has 0 aliphatic carbocycles. The molecule has 0 spiro atoms. The minimum absolute atomic E-state index is 0. The summed E-state index contributed by atoms with van der Waals surface area (Å²) in [6.45, 7) is 0. The number of halogens is 1. The summed E-state index contributed by atoms with van der Waals surface area (Å²) in [6.07, 6.45) is 2.91. The van der Waals surface area contributed by atoms with Crippen LogP contribution in [-0.4, -0.2) is 79.1 Å². The van der Waals surface area contributed by atoms with E-state index in [2.05, 4.69) is 19.9 Å². The number of hydrogen-bond acceptors (Lipinski definition) is 3. The van der Waals surface area contributed by atoms with E-state index in [1.807, 2.05) is 0 Å². The predicted molar refractivity (Wildman–Crippen MR) is 48.2 cm³/mol. The minimum Gasteiger partial charge on any atom is -0.341 e. The van der Waals surface area contributed by atoms with E-state index >= 15 is 0 Å². The van der Waals surface area contributed by atoms with Crippen molar-refractivity contribution in [3.05, 3.63) is 17.8 Å². The summed E-state index contributed by atoms with van der Waals surface area (Å²) in [7, 11) is 0. The summed E-state index contributed by atoms with van der Waals surface area (Å²) in [4.78, 5) is 14.3. The van der Waals surface area contributed by atoms with Gasteiger partial charge < -0.3 is 4.98 Å². The van der Waals surface area contributed by atoms with Gasteiger partial charge in [-0.3, -0.25) is 0 Å². The van der Waals surface area contributed by atoms with Gasteiger partial charge in [0.15, 0.2) is 10.8 Å². The van der Waals surface area contributed by atoms with Gasteiger partial charge in [0.2, 0.25) is 0 Å². The minimum atomic E-state index is 0. The second-order valence-corrected chi connectivity index (χ2v) is 2.12. The van der Waals surface area contributed by atoms with Crippen molar-refractivity contribution >= 4 is 81.9 Å². The molecule has 0 saturated heterocycles. The molecule has 7 heteroatoms. The molecule has 4 nitrogen and oxygen atoms in total. The van der Waals surface area contributed by atoms with Crippen molar-refractivity contribution < 1.29 is 0 Å². The third-order valence-corrected chi connectivity index (χ3v) is 1.46. The maximum atomic E-state index is 5.68. The molecule has 0 aliphatic heterocycles. The first-order valence-corrected chi connectivity index (χ1v) is 3.05. The summed E-state index contributed by atoms with van der Waals surface area (Å²) in [6, 6.07) is 0. The Labute approximate surface area is 118 Å². The summed E-state index contributed by atoms with van der Waals surface area (Å²) in [5.41, 5.74) is 1.28.